The Hall–Kier alpha value is -13.6. The van der Waals surface area contributed by atoms with Crippen LogP contribution >= 0.6 is 0 Å². The van der Waals surface area contributed by atoms with Crippen molar-refractivity contribution < 1.29 is 13.5 Å². The number of pyridine rings is 4. The number of benzene rings is 7. The number of aromatic amines is 8. The van der Waals surface area contributed by atoms with Gasteiger partial charge in [0, 0.05) is 101 Å². The lowest BCUT2D eigenvalue weighted by Crippen LogP contribution is -1.96. The van der Waals surface area contributed by atoms with E-state index in [1.807, 2.05) is 113 Å². The Balaban J connectivity index is 0.000000101. The van der Waals surface area contributed by atoms with E-state index in [9.17, 15) is 8.78 Å². The summed E-state index contributed by atoms with van der Waals surface area (Å²) in [6.07, 6.45) is 17.0. The van der Waals surface area contributed by atoms with Gasteiger partial charge >= 0.3 is 0 Å². The molecule has 12 heterocycles. The average Bonchev–Trinajstić information content (AvgIpc) is 1.74. The molecular weight excluding hydrogens is 1270 g/mol. The minimum Gasteiger partial charge on any atom is -0.456 e. The predicted molar refractivity (Wildman–Crippen MR) is 388 cm³/mol. The summed E-state index contributed by atoms with van der Waals surface area (Å²) in [7, 11) is 0. The molecular formula is C77H59F2N21O. The highest BCUT2D eigenvalue weighted by atomic mass is 19.1. The van der Waals surface area contributed by atoms with Crippen LogP contribution in [0.2, 0.25) is 0 Å². The first kappa shape index (κ1) is 61.0. The molecule has 1 aliphatic rings. The molecule has 19 aromatic rings. The Kier molecular flexibility index (Phi) is 15.3. The number of nitrogens with one attached hydrogen (secondary N) is 9. The van der Waals surface area contributed by atoms with Crippen LogP contribution in [-0.4, -0.2) is 102 Å². The van der Waals surface area contributed by atoms with E-state index in [-0.39, 0.29) is 11.6 Å². The van der Waals surface area contributed by atoms with Crippen LogP contribution in [0.15, 0.2) is 201 Å². The van der Waals surface area contributed by atoms with Crippen molar-refractivity contribution in [3.8, 4) is 67.7 Å². The molecule has 0 radical (unpaired) electrons. The zero-order chi connectivity index (χ0) is 68.2. The first-order valence-corrected chi connectivity index (χ1v) is 32.6. The lowest BCUT2D eigenvalue weighted by molar-refractivity contribution is 0.482. The van der Waals surface area contributed by atoms with E-state index >= 15 is 0 Å². The van der Waals surface area contributed by atoms with E-state index in [0.717, 1.165) is 161 Å². The summed E-state index contributed by atoms with van der Waals surface area (Å²) in [4.78, 5) is 19.4. The molecule has 1 saturated carbocycles. The Labute approximate surface area is 571 Å². The van der Waals surface area contributed by atoms with Gasteiger partial charge in [0.15, 0.2) is 0 Å². The maximum Gasteiger partial charge on any atom is 0.139 e. The minimum atomic E-state index is -0.356. The van der Waals surface area contributed by atoms with E-state index in [2.05, 4.69) is 135 Å². The standard InChI is InChI=1S/C20H15FN6.C20H14FN5O.C20H15N5.C17H15N5/c1-11-14(9-22-26-11)18-8-19(24-13-4-2-3-12(21)7-13)20-15-10-23-27-16(15)5-6-17(20)25-18;1-11-14(9-22-25-11)18-8-19(27-13-4-2-3-12(21)7-13)20-15-10-23-26-16(15)5-6-17(20)24-18;1-12-15(10-21-24-12)19-9-14(13-5-3-2-4-6-13)20-16-11-22-25-17(16)7-8-18(20)23-19;1-9-12(7-18-21-9)16-6-11(10-2-3-10)17-13-8-19-22-14(13)4-5-15(17)20-16/h2-10H,1H3,(H,22,26)(H,23,27)(H,24,25);2-10H,1H3,(H,22,25)(H,23,26);2-11H,1H3,(H,21,24)(H,22,25);4-8,10H,2-3H2,1H3,(H,18,21)(H,19,22). The van der Waals surface area contributed by atoms with Crippen LogP contribution in [0, 0.1) is 39.3 Å². The molecule has 9 N–H and O–H groups in total. The fourth-order valence-electron chi connectivity index (χ4n) is 13.1. The highest BCUT2D eigenvalue weighted by Crippen LogP contribution is 2.46. The third-order valence-corrected chi connectivity index (χ3v) is 18.2. The van der Waals surface area contributed by atoms with Gasteiger partial charge in [-0.1, -0.05) is 42.5 Å². The van der Waals surface area contributed by atoms with Gasteiger partial charge in [-0.3, -0.25) is 40.8 Å². The topological polar surface area (TPSA) is 302 Å². The number of aryl methyl sites for hydroxylation is 4. The van der Waals surface area contributed by atoms with Gasteiger partial charge < -0.3 is 10.1 Å². The number of aromatic nitrogens is 20. The molecule has 0 unspecified atom stereocenters. The molecule has 7 aromatic carbocycles. The number of anilines is 2. The lowest BCUT2D eigenvalue weighted by atomic mass is 9.96. The van der Waals surface area contributed by atoms with Crippen molar-refractivity contribution in [2.24, 2.45) is 0 Å². The van der Waals surface area contributed by atoms with E-state index in [0.29, 0.717) is 23.1 Å². The predicted octanol–water partition coefficient (Wildman–Crippen LogP) is 17.6. The summed E-state index contributed by atoms with van der Waals surface area (Å²) in [5.74, 6) is 0.992. The number of hydrogen-bond acceptors (Lipinski definition) is 14. The minimum absolute atomic E-state index is 0.294. The molecule has 1 aliphatic carbocycles. The van der Waals surface area contributed by atoms with Crippen LogP contribution in [0.5, 0.6) is 11.5 Å². The van der Waals surface area contributed by atoms with Gasteiger partial charge in [0.25, 0.3) is 0 Å². The molecule has 22 nitrogen and oxygen atoms in total. The first-order chi connectivity index (χ1) is 49.5. The van der Waals surface area contributed by atoms with Crippen LogP contribution < -0.4 is 10.1 Å². The van der Waals surface area contributed by atoms with Crippen molar-refractivity contribution in [2.45, 2.75) is 46.5 Å². The number of rotatable bonds is 10. The molecule has 0 spiro atoms. The van der Waals surface area contributed by atoms with Gasteiger partial charge in [-0.05, 0) is 160 Å². The van der Waals surface area contributed by atoms with Crippen molar-refractivity contribution in [3.63, 3.8) is 0 Å². The second kappa shape index (κ2) is 25.4. The van der Waals surface area contributed by atoms with Crippen molar-refractivity contribution in [2.75, 3.05) is 5.32 Å². The van der Waals surface area contributed by atoms with Crippen molar-refractivity contribution in [1.82, 2.24) is 102 Å². The van der Waals surface area contributed by atoms with E-state index in [4.69, 9.17) is 24.7 Å². The van der Waals surface area contributed by atoms with E-state index in [1.165, 1.54) is 53.4 Å². The quantitative estimate of drug-likeness (QED) is 0.0615. The maximum absolute atomic E-state index is 13.7. The summed E-state index contributed by atoms with van der Waals surface area (Å²) < 4.78 is 33.4. The molecule has 0 saturated heterocycles. The monoisotopic (exact) mass is 1330 g/mol. The van der Waals surface area contributed by atoms with Gasteiger partial charge in [0.05, 0.1) is 128 Å². The van der Waals surface area contributed by atoms with Gasteiger partial charge in [-0.25, -0.2) is 28.7 Å². The Morgan fingerprint density at radius 3 is 1.29 bits per heavy atom. The van der Waals surface area contributed by atoms with Gasteiger partial charge in [-0.15, -0.1) is 0 Å². The lowest BCUT2D eigenvalue weighted by Gasteiger charge is -2.13. The largest absolute Gasteiger partial charge is 0.456 e. The zero-order valence-electron chi connectivity index (χ0n) is 54.6. The summed E-state index contributed by atoms with van der Waals surface area (Å²) in [5.41, 5.74) is 23.9. The fraction of sp³-hybridized carbons (Fsp3) is 0.0909. The smallest absolute Gasteiger partial charge is 0.139 e. The van der Waals surface area contributed by atoms with Gasteiger partial charge in [-0.2, -0.15) is 40.8 Å². The molecule has 20 rings (SSSR count). The number of fused-ring (bicyclic) bond motifs is 12. The SMILES string of the molecule is Cc1[nH]ncc1-c1cc(-c2ccccc2)c2c(ccc3[nH]ncc32)n1.Cc1[nH]ncc1-c1cc(C2CC2)c2c(ccc3[nH]ncc32)n1.Cc1[nH]ncc1-c1cc(Nc2cccc(F)c2)c2c(ccc3[nH]ncc32)n1.Cc1[nH]ncc1-c1cc(Oc2cccc(F)c2)c2c(ccc3[nH]ncc32)n1. The van der Waals surface area contributed by atoms with Crippen LogP contribution in [0.4, 0.5) is 20.2 Å². The summed E-state index contributed by atoms with van der Waals surface area (Å²) >= 11 is 0. The van der Waals surface area contributed by atoms with E-state index < -0.39 is 0 Å². The molecule has 0 atom stereocenters. The summed E-state index contributed by atoms with van der Waals surface area (Å²) in [6, 6.07) is 47.0. The molecule has 0 amide bonds. The molecule has 12 aromatic heterocycles. The highest BCUT2D eigenvalue weighted by molar-refractivity contribution is 6.14. The Morgan fingerprint density at radius 1 is 0.366 bits per heavy atom. The third-order valence-electron chi connectivity index (χ3n) is 18.2. The summed E-state index contributed by atoms with van der Waals surface area (Å²) in [5, 5.41) is 68.5. The highest BCUT2D eigenvalue weighted by Gasteiger charge is 2.28. The number of H-pyrrole nitrogens is 8. The second-order valence-corrected chi connectivity index (χ2v) is 24.8. The van der Waals surface area contributed by atoms with Crippen LogP contribution in [0.1, 0.15) is 47.1 Å². The normalized spacial score (nSPS) is 12.1. The second-order valence-electron chi connectivity index (χ2n) is 24.8. The van der Waals surface area contributed by atoms with Crippen molar-refractivity contribution >= 4 is 98.6 Å². The number of halogens is 2. The molecule has 0 bridgehead atoms. The van der Waals surface area contributed by atoms with Crippen LogP contribution in [0.3, 0.4) is 0 Å². The Bertz CT molecular complexity index is 6110. The van der Waals surface area contributed by atoms with E-state index in [1.54, 1.807) is 43.0 Å². The molecule has 24 heteroatoms. The first-order valence-electron chi connectivity index (χ1n) is 32.6. The maximum atomic E-state index is 13.7. The van der Waals surface area contributed by atoms with Crippen LogP contribution in [-0.2, 0) is 0 Å². The average molecular weight is 1330 g/mol. The van der Waals surface area contributed by atoms with Gasteiger partial charge in [0.1, 0.15) is 23.1 Å². The number of hydrogen-bond donors (Lipinski definition) is 9. The van der Waals surface area contributed by atoms with Crippen molar-refractivity contribution in [1.29, 1.82) is 0 Å². The third kappa shape index (κ3) is 11.7. The molecule has 0 aliphatic heterocycles. The number of nitrogens with zero attached hydrogens (tertiary/aromatic N) is 12. The Morgan fingerprint density at radius 2 is 0.792 bits per heavy atom. The van der Waals surface area contributed by atoms with Crippen LogP contribution in [0.25, 0.3) is 143 Å². The zero-order valence-corrected chi connectivity index (χ0v) is 54.6. The molecule has 101 heavy (non-hydrogen) atoms. The number of ether oxygens (including phenoxy) is 1. The fourth-order valence-corrected chi connectivity index (χ4v) is 13.1. The van der Waals surface area contributed by atoms with Gasteiger partial charge in [0.2, 0.25) is 0 Å². The molecule has 1 fully saturated rings. The molecule has 492 valence electrons. The van der Waals surface area contributed by atoms with Crippen molar-refractivity contribution in [3.05, 3.63) is 241 Å². The summed E-state index contributed by atoms with van der Waals surface area (Å²) in [6.45, 7) is 7.92.